The first-order chi connectivity index (χ1) is 12.2. The van der Waals surface area contributed by atoms with Crippen LogP contribution in [0.25, 0.3) is 0 Å². The zero-order valence-corrected chi connectivity index (χ0v) is 17.7. The number of rotatable bonds is 4. The number of aromatic nitrogens is 2. The van der Waals surface area contributed by atoms with E-state index in [4.69, 9.17) is 9.97 Å². The van der Waals surface area contributed by atoms with Crippen LogP contribution in [0.2, 0.25) is 0 Å². The van der Waals surface area contributed by atoms with E-state index in [0.717, 1.165) is 69.9 Å². The van der Waals surface area contributed by atoms with E-state index in [0.29, 0.717) is 0 Å². The zero-order chi connectivity index (χ0) is 17.2. The van der Waals surface area contributed by atoms with E-state index in [-0.39, 0.29) is 31.0 Å². The minimum atomic E-state index is -0.368. The molecule has 0 bridgehead atoms. The number of piperazine rings is 1. The van der Waals surface area contributed by atoms with Gasteiger partial charge < -0.3 is 19.8 Å². The van der Waals surface area contributed by atoms with Crippen molar-refractivity contribution in [3.8, 4) is 0 Å². The molecule has 1 N–H and O–H groups in total. The van der Waals surface area contributed by atoms with Gasteiger partial charge in [0.05, 0.1) is 0 Å². The van der Waals surface area contributed by atoms with Gasteiger partial charge in [-0.25, -0.2) is 0 Å². The fourth-order valence-electron chi connectivity index (χ4n) is 4.06. The topological polar surface area (TPSA) is 59.0 Å². The Labute approximate surface area is 174 Å². The molecule has 3 saturated heterocycles. The lowest BCUT2D eigenvalue weighted by molar-refractivity contribution is 0.0152. The van der Waals surface area contributed by atoms with Gasteiger partial charge in [0.15, 0.2) is 0 Å². The molecule has 1 aromatic rings. The van der Waals surface area contributed by atoms with Gasteiger partial charge in [0, 0.05) is 58.4 Å². The molecule has 27 heavy (non-hydrogen) atoms. The van der Waals surface area contributed by atoms with Crippen LogP contribution >= 0.6 is 24.8 Å². The van der Waals surface area contributed by atoms with Crippen molar-refractivity contribution in [2.45, 2.75) is 38.8 Å². The van der Waals surface area contributed by atoms with Gasteiger partial charge in [-0.1, -0.05) is 0 Å². The second kappa shape index (κ2) is 9.96. The molecule has 3 fully saturated rings. The highest BCUT2D eigenvalue weighted by Gasteiger charge is 2.25. The van der Waals surface area contributed by atoms with E-state index in [2.05, 4.69) is 25.7 Å². The third-order valence-electron chi connectivity index (χ3n) is 5.67. The van der Waals surface area contributed by atoms with E-state index in [1.165, 1.54) is 25.7 Å². The molecule has 0 saturated carbocycles. The maximum atomic E-state index is 9.78. The maximum Gasteiger partial charge on any atom is 0.229 e. The summed E-state index contributed by atoms with van der Waals surface area (Å²) in [5.41, 5.74) is 0. The summed E-state index contributed by atoms with van der Waals surface area (Å²) in [7, 11) is 0. The molecule has 154 valence electrons. The molecule has 3 aliphatic rings. The van der Waals surface area contributed by atoms with Crippen LogP contribution in [0.4, 0.5) is 17.6 Å². The molecule has 1 atom stereocenters. The fourth-order valence-corrected chi connectivity index (χ4v) is 4.06. The van der Waals surface area contributed by atoms with Crippen LogP contribution in [0.1, 0.15) is 32.6 Å². The van der Waals surface area contributed by atoms with Crippen LogP contribution in [-0.2, 0) is 0 Å². The minimum Gasteiger partial charge on any atom is -0.379 e. The molecule has 3 aliphatic heterocycles. The van der Waals surface area contributed by atoms with Crippen LogP contribution in [0, 0.1) is 0 Å². The Morgan fingerprint density at radius 3 is 1.67 bits per heavy atom. The number of halogens is 2. The van der Waals surface area contributed by atoms with Crippen LogP contribution in [0.3, 0.4) is 0 Å². The molecule has 0 amide bonds. The molecule has 0 aliphatic carbocycles. The van der Waals surface area contributed by atoms with Gasteiger partial charge in [0.2, 0.25) is 5.95 Å². The quantitative estimate of drug-likeness (QED) is 0.801. The van der Waals surface area contributed by atoms with Crippen LogP contribution in [0.5, 0.6) is 0 Å². The van der Waals surface area contributed by atoms with Gasteiger partial charge in [-0.15, -0.1) is 24.8 Å². The van der Waals surface area contributed by atoms with Crippen molar-refractivity contribution in [1.29, 1.82) is 0 Å². The Bertz CT molecular complexity index is 551. The monoisotopic (exact) mass is 418 g/mol. The summed E-state index contributed by atoms with van der Waals surface area (Å²) in [6.45, 7) is 9.74. The molecule has 4 rings (SSSR count). The molecule has 0 spiro atoms. The first-order valence-electron chi connectivity index (χ1n) is 9.77. The third kappa shape index (κ3) is 5.08. The van der Waals surface area contributed by atoms with Crippen LogP contribution in [0.15, 0.2) is 6.07 Å². The average Bonchev–Trinajstić information content (AvgIpc) is 3.35. The van der Waals surface area contributed by atoms with Crippen molar-refractivity contribution < 1.29 is 5.11 Å². The van der Waals surface area contributed by atoms with Crippen molar-refractivity contribution in [2.75, 3.05) is 67.1 Å². The SMILES string of the molecule is CC(O)N1CCN(c2cc(N3CCCC3)nc(N3CCCC3)n2)CC1.Cl.Cl. The first-order valence-corrected chi connectivity index (χ1v) is 9.77. The Balaban J connectivity index is 0.00000131. The predicted octanol–water partition coefficient (Wildman–Crippen LogP) is 1.98. The summed E-state index contributed by atoms with van der Waals surface area (Å²) in [6.07, 6.45) is 4.61. The predicted molar refractivity (Wildman–Crippen MR) is 115 cm³/mol. The van der Waals surface area contributed by atoms with Crippen molar-refractivity contribution in [3.05, 3.63) is 6.07 Å². The van der Waals surface area contributed by atoms with E-state index < -0.39 is 0 Å². The average molecular weight is 419 g/mol. The smallest absolute Gasteiger partial charge is 0.229 e. The second-order valence-electron chi connectivity index (χ2n) is 7.43. The largest absolute Gasteiger partial charge is 0.379 e. The summed E-state index contributed by atoms with van der Waals surface area (Å²) in [5, 5.41) is 9.78. The van der Waals surface area contributed by atoms with E-state index in [1.54, 1.807) is 0 Å². The summed E-state index contributed by atoms with van der Waals surface area (Å²) in [4.78, 5) is 19.0. The van der Waals surface area contributed by atoms with E-state index in [9.17, 15) is 5.11 Å². The normalized spacial score (nSPS) is 21.8. The van der Waals surface area contributed by atoms with Gasteiger partial charge in [-0.05, 0) is 32.6 Å². The lowest BCUT2D eigenvalue weighted by atomic mass is 10.3. The second-order valence-corrected chi connectivity index (χ2v) is 7.43. The van der Waals surface area contributed by atoms with Crippen LogP contribution < -0.4 is 14.7 Å². The molecular formula is C18H32Cl2N6O. The van der Waals surface area contributed by atoms with Crippen molar-refractivity contribution in [2.24, 2.45) is 0 Å². The molecule has 0 radical (unpaired) electrons. The fraction of sp³-hybridized carbons (Fsp3) is 0.778. The van der Waals surface area contributed by atoms with E-state index in [1.807, 2.05) is 6.92 Å². The molecule has 1 unspecified atom stereocenters. The Morgan fingerprint density at radius 1 is 0.741 bits per heavy atom. The summed E-state index contributed by atoms with van der Waals surface area (Å²) in [6, 6.07) is 2.17. The summed E-state index contributed by atoms with van der Waals surface area (Å²) >= 11 is 0. The zero-order valence-electron chi connectivity index (χ0n) is 16.1. The van der Waals surface area contributed by atoms with Crippen molar-refractivity contribution >= 4 is 42.4 Å². The Hall–Kier alpha value is -1.02. The van der Waals surface area contributed by atoms with Gasteiger partial charge in [0.1, 0.15) is 17.9 Å². The third-order valence-corrected chi connectivity index (χ3v) is 5.67. The molecule has 7 nitrogen and oxygen atoms in total. The number of aliphatic hydroxyl groups excluding tert-OH is 1. The van der Waals surface area contributed by atoms with Gasteiger partial charge in [-0.3, -0.25) is 4.90 Å². The number of nitrogens with zero attached hydrogens (tertiary/aromatic N) is 6. The standard InChI is InChI=1S/C18H30N6O.2ClH/c1-15(25)21-10-12-23(13-11-21)17-14-16(22-6-2-3-7-22)19-18(20-17)24-8-4-5-9-24;;/h14-15,25H,2-13H2,1H3;2*1H. The number of anilines is 3. The van der Waals surface area contributed by atoms with Crippen molar-refractivity contribution in [3.63, 3.8) is 0 Å². The number of aliphatic hydroxyl groups is 1. The van der Waals surface area contributed by atoms with Gasteiger partial charge in [0.25, 0.3) is 0 Å². The highest BCUT2D eigenvalue weighted by Crippen LogP contribution is 2.27. The molecule has 4 heterocycles. The van der Waals surface area contributed by atoms with Gasteiger partial charge in [-0.2, -0.15) is 9.97 Å². The lowest BCUT2D eigenvalue weighted by Crippen LogP contribution is -2.50. The highest BCUT2D eigenvalue weighted by molar-refractivity contribution is 5.85. The van der Waals surface area contributed by atoms with Crippen molar-refractivity contribution in [1.82, 2.24) is 14.9 Å². The molecular weight excluding hydrogens is 387 g/mol. The van der Waals surface area contributed by atoms with Crippen LogP contribution in [-0.4, -0.2) is 78.6 Å². The summed E-state index contributed by atoms with van der Waals surface area (Å²) in [5.74, 6) is 3.03. The molecule has 0 aromatic carbocycles. The highest BCUT2D eigenvalue weighted by atomic mass is 35.5. The molecule has 1 aromatic heterocycles. The minimum absolute atomic E-state index is 0. The van der Waals surface area contributed by atoms with Gasteiger partial charge >= 0.3 is 0 Å². The Kier molecular flexibility index (Phi) is 8.21. The van der Waals surface area contributed by atoms with E-state index >= 15 is 0 Å². The number of hydrogen-bond donors (Lipinski definition) is 1. The lowest BCUT2D eigenvalue weighted by Gasteiger charge is -2.37. The maximum absolute atomic E-state index is 9.78. The molecule has 9 heteroatoms. The number of hydrogen-bond acceptors (Lipinski definition) is 7. The summed E-state index contributed by atoms with van der Waals surface area (Å²) < 4.78 is 0. The first kappa shape index (κ1) is 22.3. The Morgan fingerprint density at radius 2 is 1.19 bits per heavy atom.